The van der Waals surface area contributed by atoms with Gasteiger partial charge in [0.25, 0.3) is 5.91 Å². The highest BCUT2D eigenvalue weighted by Gasteiger charge is 2.13. The smallest absolute Gasteiger partial charge is 0.275 e. The maximum atomic E-state index is 12.1. The van der Waals surface area contributed by atoms with Crippen LogP contribution < -0.4 is 16.3 Å². The number of halogens is 1. The maximum Gasteiger partial charge on any atom is 0.275 e. The van der Waals surface area contributed by atoms with Crippen molar-refractivity contribution in [2.75, 3.05) is 0 Å². The summed E-state index contributed by atoms with van der Waals surface area (Å²) in [6, 6.07) is 4.76. The van der Waals surface area contributed by atoms with Crippen molar-refractivity contribution in [3.05, 3.63) is 45.2 Å². The SMILES string of the molecule is CC(=O)NNC(=O)c1c[nH]c2ccc(Cl)cc2c1=O. The number of aromatic nitrogens is 1. The molecule has 0 bridgehead atoms. The Morgan fingerprint density at radius 2 is 2.00 bits per heavy atom. The van der Waals surface area contributed by atoms with Gasteiger partial charge in [-0.25, -0.2) is 0 Å². The van der Waals surface area contributed by atoms with E-state index in [1.165, 1.54) is 19.2 Å². The van der Waals surface area contributed by atoms with Gasteiger partial charge in [0, 0.05) is 29.0 Å². The van der Waals surface area contributed by atoms with E-state index in [4.69, 9.17) is 11.6 Å². The highest BCUT2D eigenvalue weighted by molar-refractivity contribution is 6.31. The third-order valence-electron chi connectivity index (χ3n) is 2.44. The van der Waals surface area contributed by atoms with Crippen molar-refractivity contribution >= 4 is 34.3 Å². The Morgan fingerprint density at radius 1 is 1.26 bits per heavy atom. The number of carbonyl (C=O) groups excluding carboxylic acids is 2. The summed E-state index contributed by atoms with van der Waals surface area (Å²) < 4.78 is 0. The van der Waals surface area contributed by atoms with Crippen molar-refractivity contribution in [3.63, 3.8) is 0 Å². The molecule has 6 nitrogen and oxygen atoms in total. The van der Waals surface area contributed by atoms with E-state index in [1.807, 2.05) is 0 Å². The predicted molar refractivity (Wildman–Crippen MR) is 70.9 cm³/mol. The van der Waals surface area contributed by atoms with Crippen LogP contribution in [0, 0.1) is 0 Å². The number of pyridine rings is 1. The molecule has 0 radical (unpaired) electrons. The fourth-order valence-electron chi connectivity index (χ4n) is 1.57. The highest BCUT2D eigenvalue weighted by Crippen LogP contribution is 2.14. The van der Waals surface area contributed by atoms with Crippen LogP contribution in [-0.4, -0.2) is 16.8 Å². The van der Waals surface area contributed by atoms with Crippen molar-refractivity contribution in [1.82, 2.24) is 15.8 Å². The van der Waals surface area contributed by atoms with E-state index in [0.29, 0.717) is 15.9 Å². The summed E-state index contributed by atoms with van der Waals surface area (Å²) in [7, 11) is 0. The number of rotatable bonds is 1. The molecule has 7 heteroatoms. The van der Waals surface area contributed by atoms with Crippen molar-refractivity contribution in [1.29, 1.82) is 0 Å². The zero-order chi connectivity index (χ0) is 14.0. The van der Waals surface area contributed by atoms with Crippen molar-refractivity contribution in [2.24, 2.45) is 0 Å². The lowest BCUT2D eigenvalue weighted by Crippen LogP contribution is -2.42. The molecule has 0 unspecified atom stereocenters. The van der Waals surface area contributed by atoms with Gasteiger partial charge >= 0.3 is 0 Å². The summed E-state index contributed by atoms with van der Waals surface area (Å²) in [6.07, 6.45) is 1.29. The first-order valence-corrected chi connectivity index (χ1v) is 5.74. The molecule has 1 heterocycles. The van der Waals surface area contributed by atoms with Crippen LogP contribution >= 0.6 is 11.6 Å². The molecular formula is C12H10ClN3O3. The number of amides is 2. The Labute approximate surface area is 112 Å². The van der Waals surface area contributed by atoms with Gasteiger partial charge in [-0.15, -0.1) is 0 Å². The Bertz CT molecular complexity index is 724. The normalized spacial score (nSPS) is 10.2. The Kier molecular flexibility index (Phi) is 3.52. The fraction of sp³-hybridized carbons (Fsp3) is 0.0833. The summed E-state index contributed by atoms with van der Waals surface area (Å²) >= 11 is 5.81. The number of hydrogen-bond acceptors (Lipinski definition) is 3. The number of H-pyrrole nitrogens is 1. The summed E-state index contributed by atoms with van der Waals surface area (Å²) in [5, 5.41) is 0.709. The molecule has 3 N–H and O–H groups in total. The Hall–Kier alpha value is -2.34. The van der Waals surface area contributed by atoms with E-state index in [-0.39, 0.29) is 5.56 Å². The number of hydrogen-bond donors (Lipinski definition) is 3. The molecule has 0 spiro atoms. The average Bonchev–Trinajstić information content (AvgIpc) is 2.37. The van der Waals surface area contributed by atoms with E-state index in [9.17, 15) is 14.4 Å². The standard InChI is InChI=1S/C12H10ClN3O3/c1-6(17)15-16-12(19)9-5-14-10-3-2-7(13)4-8(10)11(9)18/h2-5H,1H3,(H,14,18)(H,15,17)(H,16,19). The van der Waals surface area contributed by atoms with E-state index in [1.54, 1.807) is 12.1 Å². The van der Waals surface area contributed by atoms with Crippen LogP contribution in [0.15, 0.2) is 29.2 Å². The zero-order valence-electron chi connectivity index (χ0n) is 9.91. The van der Waals surface area contributed by atoms with Crippen molar-refractivity contribution < 1.29 is 9.59 Å². The van der Waals surface area contributed by atoms with Crippen LogP contribution in [0.4, 0.5) is 0 Å². The second-order valence-electron chi connectivity index (χ2n) is 3.86. The minimum Gasteiger partial charge on any atom is -0.360 e. The molecular weight excluding hydrogens is 270 g/mol. The van der Waals surface area contributed by atoms with Gasteiger partial charge in [-0.2, -0.15) is 0 Å². The van der Waals surface area contributed by atoms with Crippen molar-refractivity contribution in [2.45, 2.75) is 6.92 Å². The molecule has 0 saturated carbocycles. The summed E-state index contributed by atoms with van der Waals surface area (Å²) in [5.74, 6) is -1.13. The summed E-state index contributed by atoms with van der Waals surface area (Å²) in [6.45, 7) is 1.24. The zero-order valence-corrected chi connectivity index (χ0v) is 10.7. The molecule has 1 aromatic carbocycles. The lowest BCUT2D eigenvalue weighted by Gasteiger charge is -2.05. The maximum absolute atomic E-state index is 12.1. The molecule has 98 valence electrons. The van der Waals surface area contributed by atoms with Gasteiger partial charge in [0.15, 0.2) is 0 Å². The van der Waals surface area contributed by atoms with Crippen LogP contribution in [0.1, 0.15) is 17.3 Å². The van der Waals surface area contributed by atoms with E-state index in [2.05, 4.69) is 15.8 Å². The average molecular weight is 280 g/mol. The lowest BCUT2D eigenvalue weighted by molar-refractivity contribution is -0.119. The topological polar surface area (TPSA) is 91.1 Å². The molecule has 19 heavy (non-hydrogen) atoms. The first-order valence-electron chi connectivity index (χ1n) is 5.37. The largest absolute Gasteiger partial charge is 0.360 e. The third kappa shape index (κ3) is 2.74. The summed E-state index contributed by atoms with van der Waals surface area (Å²) in [5.41, 5.74) is 4.25. The number of benzene rings is 1. The second-order valence-corrected chi connectivity index (χ2v) is 4.29. The van der Waals surface area contributed by atoms with Gasteiger partial charge in [-0.3, -0.25) is 25.2 Å². The van der Waals surface area contributed by atoms with E-state index >= 15 is 0 Å². The van der Waals surface area contributed by atoms with Crippen LogP contribution in [0.25, 0.3) is 10.9 Å². The predicted octanol–water partition coefficient (Wildman–Crippen LogP) is 0.962. The molecule has 0 atom stereocenters. The quantitative estimate of drug-likeness (QED) is 0.679. The van der Waals surface area contributed by atoms with Gasteiger partial charge in [-0.05, 0) is 18.2 Å². The number of hydrazine groups is 1. The first kappa shape index (κ1) is 13.1. The van der Waals surface area contributed by atoms with Gasteiger partial charge in [-0.1, -0.05) is 11.6 Å². The van der Waals surface area contributed by atoms with Crippen LogP contribution in [0.5, 0.6) is 0 Å². The molecule has 0 aliphatic heterocycles. The Morgan fingerprint density at radius 3 is 2.68 bits per heavy atom. The van der Waals surface area contributed by atoms with Gasteiger partial charge in [0.1, 0.15) is 5.56 Å². The molecule has 2 amide bonds. The molecule has 0 aliphatic rings. The Balaban J connectivity index is 2.45. The number of carbonyl (C=O) groups is 2. The van der Waals surface area contributed by atoms with Crippen LogP contribution in [-0.2, 0) is 4.79 Å². The number of fused-ring (bicyclic) bond motifs is 1. The summed E-state index contributed by atoms with van der Waals surface area (Å²) in [4.78, 5) is 37.4. The van der Waals surface area contributed by atoms with Crippen molar-refractivity contribution in [3.8, 4) is 0 Å². The highest BCUT2D eigenvalue weighted by atomic mass is 35.5. The number of aromatic amines is 1. The van der Waals surface area contributed by atoms with Gasteiger partial charge in [0.2, 0.25) is 11.3 Å². The molecule has 0 saturated heterocycles. The van der Waals surface area contributed by atoms with Gasteiger partial charge < -0.3 is 4.98 Å². The minimum absolute atomic E-state index is 0.108. The molecule has 2 aromatic rings. The minimum atomic E-state index is -0.696. The van der Waals surface area contributed by atoms with E-state index in [0.717, 1.165) is 0 Å². The molecule has 2 rings (SSSR count). The first-order chi connectivity index (χ1) is 8.99. The second kappa shape index (κ2) is 5.11. The molecule has 0 fully saturated rings. The van der Waals surface area contributed by atoms with Crippen LogP contribution in [0.3, 0.4) is 0 Å². The fourth-order valence-corrected chi connectivity index (χ4v) is 1.74. The monoisotopic (exact) mass is 279 g/mol. The number of nitrogens with one attached hydrogen (secondary N) is 3. The lowest BCUT2D eigenvalue weighted by atomic mass is 10.1. The third-order valence-corrected chi connectivity index (χ3v) is 2.67. The molecule has 0 aliphatic carbocycles. The van der Waals surface area contributed by atoms with Crippen LogP contribution in [0.2, 0.25) is 5.02 Å². The van der Waals surface area contributed by atoms with Gasteiger partial charge in [0.05, 0.1) is 0 Å². The van der Waals surface area contributed by atoms with E-state index < -0.39 is 17.2 Å². The molecule has 1 aromatic heterocycles.